The summed E-state index contributed by atoms with van der Waals surface area (Å²) in [5.74, 6) is 0.929. The number of aryl methyl sites for hydroxylation is 1. The molecule has 33 heavy (non-hydrogen) atoms. The number of hydrogen-bond acceptors (Lipinski definition) is 5. The molecule has 3 aromatic carbocycles. The molecule has 0 saturated carbocycles. The van der Waals surface area contributed by atoms with Crippen molar-refractivity contribution >= 4 is 55.0 Å². The smallest absolute Gasteiger partial charge is 0.264 e. The van der Waals surface area contributed by atoms with Crippen molar-refractivity contribution in [1.29, 1.82) is 0 Å². The molecule has 0 aliphatic carbocycles. The number of ether oxygens (including phenoxy) is 1. The van der Waals surface area contributed by atoms with Crippen LogP contribution in [0.1, 0.15) is 12.5 Å². The van der Waals surface area contributed by atoms with Crippen molar-refractivity contribution in [1.82, 2.24) is 0 Å². The first kappa shape index (κ1) is 25.1. The van der Waals surface area contributed by atoms with Crippen LogP contribution in [0.4, 0.5) is 11.4 Å². The molecule has 0 unspecified atom stereocenters. The Balaban J connectivity index is 1.96. The fraction of sp³-hybridized carbons (Fsp3) is 0.208. The third kappa shape index (κ3) is 6.10. The molecule has 0 radical (unpaired) electrons. The number of carbonyl (C=O) groups excluding carboxylic acids is 1. The van der Waals surface area contributed by atoms with Gasteiger partial charge in [-0.3, -0.25) is 9.10 Å². The number of methoxy groups -OCH3 is 1. The van der Waals surface area contributed by atoms with Gasteiger partial charge in [0.1, 0.15) is 12.3 Å². The van der Waals surface area contributed by atoms with Gasteiger partial charge >= 0.3 is 0 Å². The maximum Gasteiger partial charge on any atom is 0.264 e. The number of para-hydroxylation sites is 1. The lowest BCUT2D eigenvalue weighted by Gasteiger charge is -2.25. The van der Waals surface area contributed by atoms with Crippen LogP contribution in [0.3, 0.4) is 0 Å². The van der Waals surface area contributed by atoms with Gasteiger partial charge in [0, 0.05) is 4.90 Å². The van der Waals surface area contributed by atoms with Crippen molar-refractivity contribution in [2.75, 3.05) is 29.0 Å². The number of carbonyl (C=O) groups is 1. The van der Waals surface area contributed by atoms with Gasteiger partial charge in [-0.05, 0) is 71.1 Å². The first-order valence-electron chi connectivity index (χ1n) is 10.2. The van der Waals surface area contributed by atoms with Crippen LogP contribution in [0.2, 0.25) is 0 Å². The SMILES string of the molecule is CCSc1ccccc1NC(=O)CN(c1ccc(C)cc1)S(=O)(=O)c1ccc(OC)c(Br)c1. The van der Waals surface area contributed by atoms with Crippen LogP contribution in [0.25, 0.3) is 0 Å². The predicted molar refractivity (Wildman–Crippen MR) is 138 cm³/mol. The van der Waals surface area contributed by atoms with Crippen molar-refractivity contribution in [3.05, 3.63) is 76.8 Å². The summed E-state index contributed by atoms with van der Waals surface area (Å²) >= 11 is 4.95. The van der Waals surface area contributed by atoms with Gasteiger partial charge in [-0.2, -0.15) is 0 Å². The first-order chi connectivity index (χ1) is 15.8. The average Bonchev–Trinajstić information content (AvgIpc) is 2.79. The molecule has 1 N–H and O–H groups in total. The van der Waals surface area contributed by atoms with E-state index in [4.69, 9.17) is 4.74 Å². The molecule has 0 aromatic heterocycles. The van der Waals surface area contributed by atoms with E-state index in [1.807, 2.05) is 44.2 Å². The normalized spacial score (nSPS) is 11.2. The summed E-state index contributed by atoms with van der Waals surface area (Å²) in [6, 6.07) is 19.0. The zero-order valence-corrected chi connectivity index (χ0v) is 21.8. The lowest BCUT2D eigenvalue weighted by molar-refractivity contribution is -0.114. The van der Waals surface area contributed by atoms with Crippen molar-refractivity contribution in [2.24, 2.45) is 0 Å². The second-order valence-electron chi connectivity index (χ2n) is 7.12. The number of sulfonamides is 1. The van der Waals surface area contributed by atoms with Crippen LogP contribution < -0.4 is 14.4 Å². The fourth-order valence-corrected chi connectivity index (χ4v) is 6.03. The molecule has 0 atom stereocenters. The van der Waals surface area contributed by atoms with E-state index in [2.05, 4.69) is 21.2 Å². The predicted octanol–water partition coefficient (Wildman–Crippen LogP) is 5.71. The van der Waals surface area contributed by atoms with E-state index < -0.39 is 15.9 Å². The molecule has 1 amide bonds. The van der Waals surface area contributed by atoms with E-state index in [1.165, 1.54) is 19.2 Å². The summed E-state index contributed by atoms with van der Waals surface area (Å²) in [5.41, 5.74) is 2.04. The van der Waals surface area contributed by atoms with Crippen LogP contribution in [-0.2, 0) is 14.8 Å². The van der Waals surface area contributed by atoms with Crippen LogP contribution >= 0.6 is 27.7 Å². The van der Waals surface area contributed by atoms with Crippen LogP contribution in [-0.4, -0.2) is 33.7 Å². The average molecular weight is 550 g/mol. The van der Waals surface area contributed by atoms with Crippen LogP contribution in [0, 0.1) is 6.92 Å². The van der Waals surface area contributed by atoms with Crippen molar-refractivity contribution in [3.8, 4) is 5.75 Å². The van der Waals surface area contributed by atoms with Gasteiger partial charge < -0.3 is 10.1 Å². The Morgan fingerprint density at radius 2 is 1.79 bits per heavy atom. The molecular weight excluding hydrogens is 524 g/mol. The third-order valence-electron chi connectivity index (χ3n) is 4.78. The molecule has 0 aliphatic heterocycles. The zero-order valence-electron chi connectivity index (χ0n) is 18.5. The Morgan fingerprint density at radius 1 is 1.09 bits per heavy atom. The second kappa shape index (κ2) is 11.1. The molecule has 0 bridgehead atoms. The fourth-order valence-electron chi connectivity index (χ4n) is 3.13. The van der Waals surface area contributed by atoms with E-state index in [1.54, 1.807) is 36.0 Å². The second-order valence-corrected chi connectivity index (χ2v) is 11.1. The standard InChI is InChI=1S/C24H25BrN2O4S2/c1-4-32-23-8-6-5-7-21(23)26-24(28)16-27(18-11-9-17(2)10-12-18)33(29,30)19-13-14-22(31-3)20(25)15-19/h5-15H,4,16H2,1-3H3,(H,26,28). The molecule has 6 nitrogen and oxygen atoms in total. The van der Waals surface area contributed by atoms with E-state index in [0.717, 1.165) is 20.5 Å². The molecule has 0 fully saturated rings. The lowest BCUT2D eigenvalue weighted by atomic mass is 10.2. The molecule has 3 aromatic rings. The summed E-state index contributed by atoms with van der Waals surface area (Å²) in [4.78, 5) is 14.0. The Labute approximate surface area is 207 Å². The monoisotopic (exact) mass is 548 g/mol. The van der Waals surface area contributed by atoms with Crippen LogP contribution in [0.15, 0.2) is 81.0 Å². The number of nitrogens with zero attached hydrogens (tertiary/aromatic N) is 1. The summed E-state index contributed by atoms with van der Waals surface area (Å²) in [6.07, 6.45) is 0. The van der Waals surface area contributed by atoms with Gasteiger partial charge in [0.15, 0.2) is 0 Å². The first-order valence-corrected chi connectivity index (χ1v) is 13.4. The number of amides is 1. The maximum atomic E-state index is 13.6. The number of benzene rings is 3. The summed E-state index contributed by atoms with van der Waals surface area (Å²) in [6.45, 7) is 3.57. The molecule has 0 saturated heterocycles. The van der Waals surface area contributed by atoms with Gasteiger partial charge in [-0.1, -0.05) is 36.8 Å². The van der Waals surface area contributed by atoms with Crippen molar-refractivity contribution in [2.45, 2.75) is 23.6 Å². The third-order valence-corrected chi connectivity index (χ3v) is 8.13. The van der Waals surface area contributed by atoms with Gasteiger partial charge in [0.2, 0.25) is 5.91 Å². The molecule has 174 valence electrons. The molecule has 0 spiro atoms. The Hall–Kier alpha value is -2.49. The number of halogens is 1. The highest BCUT2D eigenvalue weighted by atomic mass is 79.9. The van der Waals surface area contributed by atoms with Crippen LogP contribution in [0.5, 0.6) is 5.75 Å². The lowest BCUT2D eigenvalue weighted by Crippen LogP contribution is -2.38. The molecule has 3 rings (SSSR count). The number of nitrogens with one attached hydrogen (secondary N) is 1. The highest BCUT2D eigenvalue weighted by Crippen LogP contribution is 2.31. The molecule has 0 heterocycles. The number of anilines is 2. The minimum absolute atomic E-state index is 0.0467. The zero-order chi connectivity index (χ0) is 24.0. The summed E-state index contributed by atoms with van der Waals surface area (Å²) in [7, 11) is -2.53. The number of thioether (sulfide) groups is 1. The van der Waals surface area contributed by atoms with Gasteiger partial charge in [0.25, 0.3) is 10.0 Å². The summed E-state index contributed by atoms with van der Waals surface area (Å²) in [5, 5.41) is 2.87. The van der Waals surface area contributed by atoms with E-state index in [-0.39, 0.29) is 11.4 Å². The molecule has 0 aliphatic rings. The molecular formula is C24H25BrN2O4S2. The molecule has 9 heteroatoms. The highest BCUT2D eigenvalue weighted by Gasteiger charge is 2.28. The Morgan fingerprint density at radius 3 is 2.42 bits per heavy atom. The van der Waals surface area contributed by atoms with E-state index in [0.29, 0.717) is 21.6 Å². The largest absolute Gasteiger partial charge is 0.496 e. The minimum atomic E-state index is -4.04. The van der Waals surface area contributed by atoms with E-state index in [9.17, 15) is 13.2 Å². The number of rotatable bonds is 9. The van der Waals surface area contributed by atoms with E-state index >= 15 is 0 Å². The van der Waals surface area contributed by atoms with Gasteiger partial charge in [-0.25, -0.2) is 8.42 Å². The Bertz CT molecular complexity index is 1230. The maximum absolute atomic E-state index is 13.6. The van der Waals surface area contributed by atoms with Crippen molar-refractivity contribution < 1.29 is 17.9 Å². The topological polar surface area (TPSA) is 75.7 Å². The highest BCUT2D eigenvalue weighted by molar-refractivity contribution is 9.10. The number of hydrogen-bond donors (Lipinski definition) is 1. The van der Waals surface area contributed by atoms with Crippen molar-refractivity contribution in [3.63, 3.8) is 0 Å². The quantitative estimate of drug-likeness (QED) is 0.346. The minimum Gasteiger partial charge on any atom is -0.496 e. The van der Waals surface area contributed by atoms with Gasteiger partial charge in [0.05, 0.1) is 27.9 Å². The summed E-state index contributed by atoms with van der Waals surface area (Å²) < 4.78 is 34.0. The Kier molecular flexibility index (Phi) is 8.45. The van der Waals surface area contributed by atoms with Gasteiger partial charge in [-0.15, -0.1) is 11.8 Å².